The third-order valence-electron chi connectivity index (χ3n) is 3.96. The van der Waals surface area contributed by atoms with Crippen molar-refractivity contribution in [2.75, 3.05) is 14.2 Å². The minimum Gasteiger partial charge on any atom is -0.494 e. The van der Waals surface area contributed by atoms with E-state index in [1.54, 1.807) is 26.0 Å². The highest BCUT2D eigenvalue weighted by molar-refractivity contribution is 7.98. The van der Waals surface area contributed by atoms with Crippen LogP contribution in [0.5, 0.6) is 5.75 Å². The number of hydrogen-bond acceptors (Lipinski definition) is 4. The van der Waals surface area contributed by atoms with Crippen molar-refractivity contribution in [3.63, 3.8) is 0 Å². The molecule has 0 amide bonds. The summed E-state index contributed by atoms with van der Waals surface area (Å²) in [6, 6.07) is 14.3. The van der Waals surface area contributed by atoms with Gasteiger partial charge in [0.1, 0.15) is 5.03 Å². The first kappa shape index (κ1) is 22.5. The smallest absolute Gasteiger partial charge is 0.151 e. The van der Waals surface area contributed by atoms with Crippen LogP contribution in [0.15, 0.2) is 47.5 Å². The first-order valence-corrected chi connectivity index (χ1v) is 10.3. The van der Waals surface area contributed by atoms with E-state index < -0.39 is 0 Å². The van der Waals surface area contributed by atoms with E-state index in [0.717, 1.165) is 22.2 Å². The lowest BCUT2D eigenvalue weighted by molar-refractivity contribution is 0.0868. The Hall–Kier alpha value is -1.52. The van der Waals surface area contributed by atoms with E-state index in [4.69, 9.17) is 9.47 Å². The maximum atomic E-state index is 5.31. The van der Waals surface area contributed by atoms with E-state index in [-0.39, 0.29) is 0 Å². The van der Waals surface area contributed by atoms with Gasteiger partial charge in [-0.3, -0.25) is 0 Å². The zero-order valence-corrected chi connectivity index (χ0v) is 17.6. The lowest BCUT2D eigenvalue weighted by Gasteiger charge is -2.11. The number of thioether (sulfide) groups is 1. The van der Waals surface area contributed by atoms with Gasteiger partial charge in [0, 0.05) is 18.6 Å². The molecule has 1 aromatic carbocycles. The third-order valence-corrected chi connectivity index (χ3v) is 5.00. The van der Waals surface area contributed by atoms with Crippen LogP contribution in [0.3, 0.4) is 0 Å². The predicted molar refractivity (Wildman–Crippen MR) is 112 cm³/mol. The van der Waals surface area contributed by atoms with Crippen molar-refractivity contribution in [2.45, 2.75) is 63.3 Å². The molecule has 3 nitrogen and oxygen atoms in total. The molecule has 2 aromatic rings. The summed E-state index contributed by atoms with van der Waals surface area (Å²) in [6.07, 6.45) is 5.41. The van der Waals surface area contributed by atoms with Crippen LogP contribution in [0.2, 0.25) is 0 Å². The van der Waals surface area contributed by atoms with Gasteiger partial charge in [0.15, 0.2) is 5.75 Å². The van der Waals surface area contributed by atoms with Gasteiger partial charge in [0.05, 0.1) is 13.2 Å². The minimum atomic E-state index is 0.514. The molecule has 0 spiro atoms. The van der Waals surface area contributed by atoms with E-state index >= 15 is 0 Å². The monoisotopic (exact) mass is 375 g/mol. The highest BCUT2D eigenvalue weighted by atomic mass is 32.2. The first-order chi connectivity index (χ1) is 12.6. The van der Waals surface area contributed by atoms with Crippen LogP contribution in [-0.2, 0) is 10.5 Å². The molecule has 0 unspecified atom stereocenters. The highest BCUT2D eigenvalue weighted by Gasteiger charge is 2.06. The number of aromatic nitrogens is 1. The standard InChI is InChI=1S/C14H15NOS.C8H18O/c1-11-8-9-13(16-2)14(15-11)17-10-12-6-4-3-5-7-12;1-4-6-8(9-3)7-5-2/h3-9H,10H2,1-2H3;8H,4-7H2,1-3H3. The number of pyridine rings is 1. The maximum Gasteiger partial charge on any atom is 0.151 e. The van der Waals surface area contributed by atoms with Crippen molar-refractivity contribution in [3.8, 4) is 5.75 Å². The molecule has 0 aliphatic heterocycles. The number of rotatable bonds is 9. The average molecular weight is 376 g/mol. The van der Waals surface area contributed by atoms with Crippen molar-refractivity contribution in [1.29, 1.82) is 0 Å². The zero-order chi connectivity index (χ0) is 19.2. The van der Waals surface area contributed by atoms with Crippen molar-refractivity contribution in [3.05, 3.63) is 53.7 Å². The summed E-state index contributed by atoms with van der Waals surface area (Å²) in [4.78, 5) is 4.50. The molecule has 2 rings (SSSR count). The Bertz CT molecular complexity index is 598. The second-order valence-electron chi connectivity index (χ2n) is 6.17. The van der Waals surface area contributed by atoms with Crippen molar-refractivity contribution in [2.24, 2.45) is 0 Å². The average Bonchev–Trinajstić information content (AvgIpc) is 2.67. The Morgan fingerprint density at radius 2 is 1.62 bits per heavy atom. The topological polar surface area (TPSA) is 31.4 Å². The van der Waals surface area contributed by atoms with E-state index in [2.05, 4.69) is 43.1 Å². The van der Waals surface area contributed by atoms with Gasteiger partial charge < -0.3 is 9.47 Å². The normalized spacial score (nSPS) is 10.4. The Morgan fingerprint density at radius 1 is 0.962 bits per heavy atom. The molecule has 0 aliphatic rings. The number of nitrogens with zero attached hydrogens (tertiary/aromatic N) is 1. The molecule has 0 aliphatic carbocycles. The summed E-state index contributed by atoms with van der Waals surface area (Å²) >= 11 is 1.70. The molecule has 1 heterocycles. The molecule has 0 fully saturated rings. The Morgan fingerprint density at radius 3 is 2.15 bits per heavy atom. The van der Waals surface area contributed by atoms with Crippen LogP contribution < -0.4 is 4.74 Å². The highest BCUT2D eigenvalue weighted by Crippen LogP contribution is 2.29. The Kier molecular flexibility index (Phi) is 11.8. The molecule has 26 heavy (non-hydrogen) atoms. The van der Waals surface area contributed by atoms with Crippen molar-refractivity contribution < 1.29 is 9.47 Å². The number of aryl methyl sites for hydroxylation is 1. The van der Waals surface area contributed by atoms with Crippen LogP contribution >= 0.6 is 11.8 Å². The molecule has 0 saturated carbocycles. The summed E-state index contributed by atoms with van der Waals surface area (Å²) in [6.45, 7) is 6.38. The molecular formula is C22H33NO2S. The fourth-order valence-electron chi connectivity index (χ4n) is 2.53. The summed E-state index contributed by atoms with van der Waals surface area (Å²) in [5.74, 6) is 1.75. The fourth-order valence-corrected chi connectivity index (χ4v) is 3.53. The molecule has 0 bridgehead atoms. The van der Waals surface area contributed by atoms with Gasteiger partial charge in [-0.05, 0) is 37.5 Å². The van der Waals surface area contributed by atoms with Crippen molar-refractivity contribution >= 4 is 11.8 Å². The maximum absolute atomic E-state index is 5.31. The van der Waals surface area contributed by atoms with Gasteiger partial charge >= 0.3 is 0 Å². The van der Waals surface area contributed by atoms with Crippen LogP contribution in [0.25, 0.3) is 0 Å². The Balaban J connectivity index is 0.000000321. The van der Waals surface area contributed by atoms with E-state index in [1.807, 2.05) is 25.1 Å². The number of benzene rings is 1. The van der Waals surface area contributed by atoms with Crippen LogP contribution in [0, 0.1) is 6.92 Å². The van der Waals surface area contributed by atoms with E-state index in [1.165, 1.54) is 31.2 Å². The van der Waals surface area contributed by atoms with Gasteiger partial charge in [-0.25, -0.2) is 4.98 Å². The van der Waals surface area contributed by atoms with Crippen LogP contribution in [0.4, 0.5) is 0 Å². The largest absolute Gasteiger partial charge is 0.494 e. The zero-order valence-electron chi connectivity index (χ0n) is 16.8. The molecule has 0 N–H and O–H groups in total. The van der Waals surface area contributed by atoms with Gasteiger partial charge in [0.25, 0.3) is 0 Å². The minimum absolute atomic E-state index is 0.514. The number of hydrogen-bond donors (Lipinski definition) is 0. The number of methoxy groups -OCH3 is 2. The quantitative estimate of drug-likeness (QED) is 0.482. The van der Waals surface area contributed by atoms with Gasteiger partial charge in [0.2, 0.25) is 0 Å². The second kappa shape index (κ2) is 13.7. The van der Waals surface area contributed by atoms with Crippen LogP contribution in [0.1, 0.15) is 50.8 Å². The predicted octanol–water partition coefficient (Wildman–Crippen LogP) is 6.29. The van der Waals surface area contributed by atoms with E-state index in [0.29, 0.717) is 6.10 Å². The molecule has 0 saturated heterocycles. The third kappa shape index (κ3) is 8.72. The van der Waals surface area contributed by atoms with Gasteiger partial charge in [-0.1, -0.05) is 68.8 Å². The lowest BCUT2D eigenvalue weighted by atomic mass is 10.1. The molecule has 1 aromatic heterocycles. The molecule has 4 heteroatoms. The SMILES string of the molecule is CCCC(CCC)OC.COc1ccc(C)nc1SCc1ccccc1. The molecular weight excluding hydrogens is 342 g/mol. The van der Waals surface area contributed by atoms with E-state index in [9.17, 15) is 0 Å². The fraction of sp³-hybridized carbons (Fsp3) is 0.500. The van der Waals surface area contributed by atoms with Gasteiger partial charge in [-0.15, -0.1) is 0 Å². The summed E-state index contributed by atoms with van der Waals surface area (Å²) in [5.41, 5.74) is 2.31. The Labute approximate surface area is 163 Å². The lowest BCUT2D eigenvalue weighted by Crippen LogP contribution is -2.08. The summed E-state index contributed by atoms with van der Waals surface area (Å²) in [7, 11) is 3.48. The first-order valence-electron chi connectivity index (χ1n) is 9.35. The summed E-state index contributed by atoms with van der Waals surface area (Å²) in [5, 5.41) is 0.955. The van der Waals surface area contributed by atoms with Crippen molar-refractivity contribution in [1.82, 2.24) is 4.98 Å². The molecule has 144 valence electrons. The molecule has 0 atom stereocenters. The van der Waals surface area contributed by atoms with Gasteiger partial charge in [-0.2, -0.15) is 0 Å². The summed E-state index contributed by atoms with van der Waals surface area (Å²) < 4.78 is 10.5. The molecule has 0 radical (unpaired) electrons. The van der Waals surface area contributed by atoms with Crippen LogP contribution in [-0.4, -0.2) is 25.3 Å². The number of ether oxygens (including phenoxy) is 2. The second-order valence-corrected chi connectivity index (χ2v) is 7.13.